The van der Waals surface area contributed by atoms with Crippen molar-refractivity contribution in [2.75, 3.05) is 19.5 Å². The second-order valence-corrected chi connectivity index (χ2v) is 5.16. The summed E-state index contributed by atoms with van der Waals surface area (Å²) < 4.78 is 24.3. The van der Waals surface area contributed by atoms with Crippen LogP contribution in [0.15, 0.2) is 54.6 Å². The number of fused-ring (bicyclic) bond motifs is 1. The molecule has 0 aliphatic heterocycles. The summed E-state index contributed by atoms with van der Waals surface area (Å²) in [7, 11) is 3.06. The smallest absolute Gasteiger partial charge is 0.256 e. The fraction of sp³-hybridized carbons (Fsp3) is 0.105. The molecular formula is C19H16FNO3. The molecule has 4 nitrogen and oxygen atoms in total. The molecule has 0 spiro atoms. The van der Waals surface area contributed by atoms with E-state index < -0.39 is 0 Å². The summed E-state index contributed by atoms with van der Waals surface area (Å²) >= 11 is 0. The normalized spacial score (nSPS) is 10.5. The van der Waals surface area contributed by atoms with Gasteiger partial charge in [-0.05, 0) is 29.7 Å². The largest absolute Gasteiger partial charge is 0.497 e. The minimum Gasteiger partial charge on any atom is -0.497 e. The lowest BCUT2D eigenvalue weighted by atomic mass is 10.0. The first kappa shape index (κ1) is 15.8. The molecule has 0 aliphatic rings. The quantitative estimate of drug-likeness (QED) is 0.780. The van der Waals surface area contributed by atoms with Gasteiger partial charge in [-0.3, -0.25) is 4.79 Å². The number of amides is 1. The first-order valence-electron chi connectivity index (χ1n) is 7.34. The zero-order chi connectivity index (χ0) is 17.1. The van der Waals surface area contributed by atoms with Crippen molar-refractivity contribution >= 4 is 22.4 Å². The first-order chi connectivity index (χ1) is 11.6. The van der Waals surface area contributed by atoms with Gasteiger partial charge in [0.15, 0.2) is 0 Å². The van der Waals surface area contributed by atoms with Crippen LogP contribution in [0.25, 0.3) is 10.8 Å². The van der Waals surface area contributed by atoms with E-state index in [-0.39, 0.29) is 11.7 Å². The molecule has 0 saturated carbocycles. The van der Waals surface area contributed by atoms with Crippen LogP contribution in [-0.2, 0) is 0 Å². The molecule has 0 radical (unpaired) electrons. The third-order valence-corrected chi connectivity index (χ3v) is 3.77. The molecule has 122 valence electrons. The van der Waals surface area contributed by atoms with E-state index in [4.69, 9.17) is 9.47 Å². The number of benzene rings is 3. The summed E-state index contributed by atoms with van der Waals surface area (Å²) in [5.41, 5.74) is 0.904. The van der Waals surface area contributed by atoms with E-state index in [0.717, 1.165) is 0 Å². The van der Waals surface area contributed by atoms with Crippen molar-refractivity contribution in [1.29, 1.82) is 0 Å². The molecule has 0 heterocycles. The second kappa shape index (κ2) is 6.58. The Labute approximate surface area is 138 Å². The molecule has 0 aliphatic carbocycles. The topological polar surface area (TPSA) is 47.6 Å². The summed E-state index contributed by atoms with van der Waals surface area (Å²) in [4.78, 5) is 12.6. The van der Waals surface area contributed by atoms with Crippen molar-refractivity contribution in [2.45, 2.75) is 0 Å². The van der Waals surface area contributed by atoms with Gasteiger partial charge in [0.25, 0.3) is 5.91 Å². The maximum absolute atomic E-state index is 13.9. The highest BCUT2D eigenvalue weighted by Gasteiger charge is 2.14. The van der Waals surface area contributed by atoms with Crippen LogP contribution in [0.1, 0.15) is 10.4 Å². The van der Waals surface area contributed by atoms with Gasteiger partial charge in [-0.15, -0.1) is 0 Å². The number of nitrogens with one attached hydrogen (secondary N) is 1. The highest BCUT2D eigenvalue weighted by molar-refractivity contribution is 6.13. The van der Waals surface area contributed by atoms with Crippen molar-refractivity contribution < 1.29 is 18.7 Å². The molecule has 24 heavy (non-hydrogen) atoms. The summed E-state index contributed by atoms with van der Waals surface area (Å²) in [5.74, 6) is 0.407. The molecule has 0 fully saturated rings. The van der Waals surface area contributed by atoms with Crippen LogP contribution < -0.4 is 14.8 Å². The zero-order valence-electron chi connectivity index (χ0n) is 13.3. The highest BCUT2D eigenvalue weighted by atomic mass is 19.1. The van der Waals surface area contributed by atoms with Crippen LogP contribution >= 0.6 is 0 Å². The number of carbonyl (C=O) groups is 1. The minimum absolute atomic E-state index is 0.338. The van der Waals surface area contributed by atoms with Crippen LogP contribution in [0.4, 0.5) is 10.1 Å². The van der Waals surface area contributed by atoms with E-state index in [9.17, 15) is 9.18 Å². The molecule has 3 rings (SSSR count). The van der Waals surface area contributed by atoms with Gasteiger partial charge in [0.05, 0.1) is 19.9 Å². The molecule has 5 heteroatoms. The average molecular weight is 325 g/mol. The lowest BCUT2D eigenvalue weighted by molar-refractivity contribution is 0.102. The lowest BCUT2D eigenvalue weighted by Gasteiger charge is -2.13. The Balaban J connectivity index is 1.98. The number of rotatable bonds is 4. The van der Waals surface area contributed by atoms with E-state index >= 15 is 0 Å². The summed E-state index contributed by atoms with van der Waals surface area (Å²) in [6.45, 7) is 0. The Morgan fingerprint density at radius 3 is 2.42 bits per heavy atom. The van der Waals surface area contributed by atoms with Crippen molar-refractivity contribution in [1.82, 2.24) is 0 Å². The van der Waals surface area contributed by atoms with Gasteiger partial charge in [0, 0.05) is 17.0 Å². The maximum Gasteiger partial charge on any atom is 0.256 e. The predicted octanol–water partition coefficient (Wildman–Crippen LogP) is 4.25. The van der Waals surface area contributed by atoms with Crippen LogP contribution in [0, 0.1) is 5.82 Å². The van der Waals surface area contributed by atoms with Gasteiger partial charge in [0.2, 0.25) is 0 Å². The highest BCUT2D eigenvalue weighted by Crippen LogP contribution is 2.30. The molecule has 1 amide bonds. The number of carbonyl (C=O) groups excluding carboxylic acids is 1. The molecule has 3 aromatic carbocycles. The van der Waals surface area contributed by atoms with Gasteiger partial charge in [-0.2, -0.15) is 0 Å². The molecule has 0 atom stereocenters. The van der Waals surface area contributed by atoms with Gasteiger partial charge in [-0.25, -0.2) is 4.39 Å². The number of hydrogen-bond acceptors (Lipinski definition) is 3. The van der Waals surface area contributed by atoms with Gasteiger partial charge in [0.1, 0.15) is 17.3 Å². The Morgan fingerprint density at radius 1 is 0.958 bits per heavy atom. The van der Waals surface area contributed by atoms with Crippen molar-refractivity contribution in [3.05, 3.63) is 66.0 Å². The molecular weight excluding hydrogens is 309 g/mol. The van der Waals surface area contributed by atoms with E-state index in [2.05, 4.69) is 5.32 Å². The van der Waals surface area contributed by atoms with Crippen LogP contribution in [0.3, 0.4) is 0 Å². The fourth-order valence-electron chi connectivity index (χ4n) is 2.55. The summed E-state index contributed by atoms with van der Waals surface area (Å²) in [6, 6.07) is 14.7. The molecule has 0 saturated heterocycles. The van der Waals surface area contributed by atoms with Crippen LogP contribution in [-0.4, -0.2) is 20.1 Å². The molecule has 3 aromatic rings. The van der Waals surface area contributed by atoms with E-state index in [1.165, 1.54) is 19.2 Å². The van der Waals surface area contributed by atoms with Crippen LogP contribution in [0.2, 0.25) is 0 Å². The monoisotopic (exact) mass is 325 g/mol. The maximum atomic E-state index is 13.9. The molecule has 0 aromatic heterocycles. The predicted molar refractivity (Wildman–Crippen MR) is 91.4 cm³/mol. The Bertz CT molecular complexity index is 908. The third-order valence-electron chi connectivity index (χ3n) is 3.77. The first-order valence-corrected chi connectivity index (χ1v) is 7.34. The lowest BCUT2D eigenvalue weighted by Crippen LogP contribution is -2.13. The van der Waals surface area contributed by atoms with E-state index in [1.807, 2.05) is 0 Å². The second-order valence-electron chi connectivity index (χ2n) is 5.16. The number of halogens is 1. The standard InChI is InChI=1S/C19H16FNO3/c1-23-12-7-10-17(18(11-12)24-2)21-19(22)15-8-9-16(20)14-6-4-3-5-13(14)15/h3-11H,1-2H3,(H,21,22). The van der Waals surface area contributed by atoms with Crippen molar-refractivity contribution in [2.24, 2.45) is 0 Å². The fourth-order valence-corrected chi connectivity index (χ4v) is 2.55. The Hall–Kier alpha value is -3.08. The van der Waals surface area contributed by atoms with Crippen LogP contribution in [0.5, 0.6) is 11.5 Å². The number of methoxy groups -OCH3 is 2. The SMILES string of the molecule is COc1ccc(NC(=O)c2ccc(F)c3ccccc23)c(OC)c1. The minimum atomic E-state index is -0.357. The summed E-state index contributed by atoms with van der Waals surface area (Å²) in [6.07, 6.45) is 0. The molecule has 1 N–H and O–H groups in total. The summed E-state index contributed by atoms with van der Waals surface area (Å²) in [5, 5.41) is 3.77. The number of ether oxygens (including phenoxy) is 2. The molecule has 0 unspecified atom stereocenters. The number of hydrogen-bond donors (Lipinski definition) is 1. The third kappa shape index (κ3) is 2.88. The van der Waals surface area contributed by atoms with Gasteiger partial charge in [-0.1, -0.05) is 24.3 Å². The van der Waals surface area contributed by atoms with Gasteiger partial charge >= 0.3 is 0 Å². The molecule has 0 bridgehead atoms. The van der Waals surface area contributed by atoms with Gasteiger partial charge < -0.3 is 14.8 Å². The average Bonchev–Trinajstić information content (AvgIpc) is 2.62. The Kier molecular flexibility index (Phi) is 4.33. The number of anilines is 1. The van der Waals surface area contributed by atoms with Crippen molar-refractivity contribution in [3.8, 4) is 11.5 Å². The Morgan fingerprint density at radius 2 is 1.71 bits per heavy atom. The van der Waals surface area contributed by atoms with Crippen molar-refractivity contribution in [3.63, 3.8) is 0 Å². The zero-order valence-corrected chi connectivity index (χ0v) is 13.3. The van der Waals surface area contributed by atoms with E-state index in [0.29, 0.717) is 33.5 Å². The van der Waals surface area contributed by atoms with E-state index in [1.54, 1.807) is 49.6 Å².